The lowest BCUT2D eigenvalue weighted by Crippen LogP contribution is -2.27. The average Bonchev–Trinajstić information content (AvgIpc) is 2.36. The summed E-state index contributed by atoms with van der Waals surface area (Å²) in [5.41, 5.74) is 0.646. The predicted molar refractivity (Wildman–Crippen MR) is 70.0 cm³/mol. The molecule has 2 rings (SSSR count). The van der Waals surface area contributed by atoms with E-state index in [1.54, 1.807) is 6.07 Å². The summed E-state index contributed by atoms with van der Waals surface area (Å²) in [5.74, 6) is -0.636. The molecule has 5 heteroatoms. The van der Waals surface area contributed by atoms with E-state index < -0.39 is 5.97 Å². The fraction of sp³-hybridized carbons (Fsp3) is 0.308. The van der Waals surface area contributed by atoms with Crippen LogP contribution in [0.1, 0.15) is 24.5 Å². The number of para-hydroxylation sites is 1. The van der Waals surface area contributed by atoms with Crippen LogP contribution in [0, 0.1) is 0 Å². The van der Waals surface area contributed by atoms with Crippen molar-refractivity contribution < 1.29 is 9.90 Å². The number of rotatable bonds is 3. The van der Waals surface area contributed by atoms with Gasteiger partial charge >= 0.3 is 5.97 Å². The molecule has 0 bridgehead atoms. The molecule has 1 N–H and O–H groups in total. The molecule has 0 saturated heterocycles. The molecular weight excluding hydrogens is 230 g/mol. The molecule has 0 radical (unpaired) electrons. The summed E-state index contributed by atoms with van der Waals surface area (Å²) in [7, 11) is 1.89. The lowest BCUT2D eigenvalue weighted by atomic mass is 10.2. The van der Waals surface area contributed by atoms with Gasteiger partial charge in [-0.1, -0.05) is 12.1 Å². The molecule has 18 heavy (non-hydrogen) atoms. The number of carboxylic acid groups (broad SMARTS) is 1. The van der Waals surface area contributed by atoms with Crippen molar-refractivity contribution in [3.05, 3.63) is 30.1 Å². The summed E-state index contributed by atoms with van der Waals surface area (Å²) in [6.45, 7) is 4.05. The van der Waals surface area contributed by atoms with E-state index in [4.69, 9.17) is 5.11 Å². The molecule has 1 aromatic carbocycles. The Morgan fingerprint density at radius 1 is 1.28 bits per heavy atom. The Morgan fingerprint density at radius 3 is 2.56 bits per heavy atom. The van der Waals surface area contributed by atoms with Crippen LogP contribution in [0.2, 0.25) is 0 Å². The predicted octanol–water partition coefficient (Wildman–Crippen LogP) is 2.17. The Labute approximate surface area is 105 Å². The van der Waals surface area contributed by atoms with E-state index in [2.05, 4.69) is 9.97 Å². The molecule has 0 atom stereocenters. The van der Waals surface area contributed by atoms with E-state index in [-0.39, 0.29) is 11.9 Å². The van der Waals surface area contributed by atoms with Crippen LogP contribution in [-0.4, -0.2) is 34.1 Å². The van der Waals surface area contributed by atoms with Crippen LogP contribution in [0.4, 0.5) is 5.82 Å². The molecule has 5 nitrogen and oxygen atoms in total. The van der Waals surface area contributed by atoms with Crippen LogP contribution in [-0.2, 0) is 0 Å². The maximum absolute atomic E-state index is 11.0. The smallest absolute Gasteiger partial charge is 0.374 e. The van der Waals surface area contributed by atoms with E-state index in [1.807, 2.05) is 44.0 Å². The number of anilines is 1. The highest BCUT2D eigenvalue weighted by Gasteiger charge is 2.16. The van der Waals surface area contributed by atoms with Gasteiger partial charge in [-0.05, 0) is 26.0 Å². The van der Waals surface area contributed by atoms with Crippen molar-refractivity contribution in [2.75, 3.05) is 11.9 Å². The van der Waals surface area contributed by atoms with E-state index >= 15 is 0 Å². The van der Waals surface area contributed by atoms with Gasteiger partial charge in [0.1, 0.15) is 5.82 Å². The number of fused-ring (bicyclic) bond motifs is 1. The molecule has 1 aromatic heterocycles. The summed E-state index contributed by atoms with van der Waals surface area (Å²) < 4.78 is 0. The highest BCUT2D eigenvalue weighted by Crippen LogP contribution is 2.24. The Balaban J connectivity index is 2.72. The van der Waals surface area contributed by atoms with Crippen molar-refractivity contribution in [1.82, 2.24) is 9.97 Å². The number of carbonyl (C=O) groups is 1. The van der Waals surface area contributed by atoms with Crippen molar-refractivity contribution in [3.63, 3.8) is 0 Å². The van der Waals surface area contributed by atoms with Gasteiger partial charge in [-0.25, -0.2) is 14.8 Å². The summed E-state index contributed by atoms with van der Waals surface area (Å²) in [5, 5.41) is 9.91. The minimum atomic E-state index is -1.11. The van der Waals surface area contributed by atoms with Crippen LogP contribution in [0.25, 0.3) is 10.9 Å². The lowest BCUT2D eigenvalue weighted by Gasteiger charge is -2.24. The number of aromatic nitrogens is 2. The number of aromatic carboxylic acids is 1. The second-order valence-electron chi connectivity index (χ2n) is 4.40. The minimum Gasteiger partial charge on any atom is -0.475 e. The maximum Gasteiger partial charge on any atom is 0.374 e. The normalized spacial score (nSPS) is 10.9. The molecule has 0 amide bonds. The maximum atomic E-state index is 11.0. The topological polar surface area (TPSA) is 66.3 Å². The standard InChI is InChI=1S/C13H15N3O2/c1-8(2)16(3)12-9-6-4-5-7-10(9)14-11(15-12)13(17)18/h4-8H,1-3H3,(H,17,18). The third-order valence-electron chi connectivity index (χ3n) is 2.88. The summed E-state index contributed by atoms with van der Waals surface area (Å²) in [6, 6.07) is 7.64. The van der Waals surface area contributed by atoms with Gasteiger partial charge < -0.3 is 10.0 Å². The van der Waals surface area contributed by atoms with E-state index in [0.717, 1.165) is 5.39 Å². The number of hydrogen-bond donors (Lipinski definition) is 1. The number of carboxylic acids is 1. The first-order valence-electron chi connectivity index (χ1n) is 5.73. The second kappa shape index (κ2) is 4.60. The van der Waals surface area contributed by atoms with Gasteiger partial charge in [0, 0.05) is 18.5 Å². The Morgan fingerprint density at radius 2 is 1.94 bits per heavy atom. The zero-order valence-corrected chi connectivity index (χ0v) is 10.6. The lowest BCUT2D eigenvalue weighted by molar-refractivity contribution is 0.0684. The second-order valence-corrected chi connectivity index (χ2v) is 4.40. The molecule has 1 heterocycles. The number of hydrogen-bond acceptors (Lipinski definition) is 4. The van der Waals surface area contributed by atoms with Crippen LogP contribution >= 0.6 is 0 Å². The molecule has 2 aromatic rings. The van der Waals surface area contributed by atoms with Crippen molar-refractivity contribution >= 4 is 22.7 Å². The van der Waals surface area contributed by atoms with Gasteiger partial charge in [-0.15, -0.1) is 0 Å². The SMILES string of the molecule is CC(C)N(C)c1nc(C(=O)O)nc2ccccc12. The average molecular weight is 245 g/mol. The van der Waals surface area contributed by atoms with Gasteiger partial charge in [-0.3, -0.25) is 0 Å². The number of nitrogens with zero attached hydrogens (tertiary/aromatic N) is 3. The van der Waals surface area contributed by atoms with Gasteiger partial charge in [0.05, 0.1) is 5.52 Å². The molecule has 0 aliphatic heterocycles. The third-order valence-corrected chi connectivity index (χ3v) is 2.88. The van der Waals surface area contributed by atoms with E-state index in [1.165, 1.54) is 0 Å². The first kappa shape index (κ1) is 12.3. The first-order chi connectivity index (χ1) is 8.50. The monoisotopic (exact) mass is 245 g/mol. The Kier molecular flexibility index (Phi) is 3.14. The molecule has 0 unspecified atom stereocenters. The molecule has 0 fully saturated rings. The van der Waals surface area contributed by atoms with Crippen LogP contribution in [0.15, 0.2) is 24.3 Å². The van der Waals surface area contributed by atoms with Crippen molar-refractivity contribution in [2.24, 2.45) is 0 Å². The molecule has 0 aliphatic carbocycles. The van der Waals surface area contributed by atoms with E-state index in [9.17, 15) is 4.79 Å². The summed E-state index contributed by atoms with van der Waals surface area (Å²) in [4.78, 5) is 21.2. The number of benzene rings is 1. The quantitative estimate of drug-likeness (QED) is 0.897. The summed E-state index contributed by atoms with van der Waals surface area (Å²) in [6.07, 6.45) is 0. The molecule has 94 valence electrons. The molecule has 0 saturated carbocycles. The Hall–Kier alpha value is -2.17. The van der Waals surface area contributed by atoms with Crippen molar-refractivity contribution in [3.8, 4) is 0 Å². The highest BCUT2D eigenvalue weighted by molar-refractivity contribution is 5.93. The van der Waals surface area contributed by atoms with Crippen LogP contribution < -0.4 is 4.90 Å². The van der Waals surface area contributed by atoms with Gasteiger partial charge in [0.25, 0.3) is 0 Å². The van der Waals surface area contributed by atoms with Gasteiger partial charge in [0.15, 0.2) is 0 Å². The largest absolute Gasteiger partial charge is 0.475 e. The van der Waals surface area contributed by atoms with Crippen LogP contribution in [0.5, 0.6) is 0 Å². The molecular formula is C13H15N3O2. The highest BCUT2D eigenvalue weighted by atomic mass is 16.4. The zero-order chi connectivity index (χ0) is 13.3. The minimum absolute atomic E-state index is 0.170. The Bertz CT molecular complexity index is 596. The molecule has 0 aliphatic rings. The van der Waals surface area contributed by atoms with Gasteiger partial charge in [0.2, 0.25) is 5.82 Å². The summed E-state index contributed by atoms with van der Waals surface area (Å²) >= 11 is 0. The van der Waals surface area contributed by atoms with Crippen molar-refractivity contribution in [1.29, 1.82) is 0 Å². The third kappa shape index (κ3) is 2.11. The van der Waals surface area contributed by atoms with E-state index in [0.29, 0.717) is 11.3 Å². The van der Waals surface area contributed by atoms with Crippen molar-refractivity contribution in [2.45, 2.75) is 19.9 Å². The zero-order valence-electron chi connectivity index (χ0n) is 10.6. The molecule has 0 spiro atoms. The fourth-order valence-electron chi connectivity index (χ4n) is 1.67. The van der Waals surface area contributed by atoms with Crippen LogP contribution in [0.3, 0.4) is 0 Å². The van der Waals surface area contributed by atoms with Gasteiger partial charge in [-0.2, -0.15) is 0 Å². The first-order valence-corrected chi connectivity index (χ1v) is 5.73. The fourth-order valence-corrected chi connectivity index (χ4v) is 1.67.